The van der Waals surface area contributed by atoms with Crippen LogP contribution in [-0.2, 0) is 4.74 Å². The van der Waals surface area contributed by atoms with Gasteiger partial charge in [-0.25, -0.2) is 4.79 Å². The maximum atomic E-state index is 11.9. The molecule has 1 heterocycles. The molecule has 2 rings (SSSR count). The van der Waals surface area contributed by atoms with Gasteiger partial charge in [-0.3, -0.25) is 5.10 Å². The van der Waals surface area contributed by atoms with Gasteiger partial charge in [0.25, 0.3) is 0 Å². The Kier molecular flexibility index (Phi) is 4.21. The zero-order valence-corrected chi connectivity index (χ0v) is 12.2. The van der Waals surface area contributed by atoms with Crippen molar-refractivity contribution < 1.29 is 14.3 Å². The average Bonchev–Trinajstić information content (AvgIpc) is 2.81. The molecule has 0 amide bonds. The summed E-state index contributed by atoms with van der Waals surface area (Å²) in [5, 5.41) is 6.87. The lowest BCUT2D eigenvalue weighted by atomic mass is 10.1. The van der Waals surface area contributed by atoms with E-state index in [9.17, 15) is 4.79 Å². The van der Waals surface area contributed by atoms with Crippen LogP contribution in [0.4, 0.5) is 0 Å². The molecule has 0 fully saturated rings. The molecule has 6 heteroatoms. The molecule has 1 N–H and O–H groups in total. The van der Waals surface area contributed by atoms with Gasteiger partial charge in [0.2, 0.25) is 0 Å². The molecule has 100 valence electrons. The van der Waals surface area contributed by atoms with E-state index in [0.717, 1.165) is 5.56 Å². The number of rotatable bonds is 4. The maximum absolute atomic E-state index is 11.9. The van der Waals surface area contributed by atoms with E-state index >= 15 is 0 Å². The van der Waals surface area contributed by atoms with Gasteiger partial charge in [0.05, 0.1) is 13.7 Å². The monoisotopic (exact) mass is 324 g/mol. The number of hydrogen-bond donors (Lipinski definition) is 1. The quantitative estimate of drug-likeness (QED) is 0.878. The molecule has 0 aliphatic carbocycles. The number of hydrogen-bond acceptors (Lipinski definition) is 4. The number of esters is 1. The van der Waals surface area contributed by atoms with E-state index in [-0.39, 0.29) is 0 Å². The van der Waals surface area contributed by atoms with Crippen LogP contribution in [0.3, 0.4) is 0 Å². The SMILES string of the molecule is CCOC(=O)c1c(-c2cccc(OC)c2)n[nH]c1Br. The highest BCUT2D eigenvalue weighted by Gasteiger charge is 2.21. The van der Waals surface area contributed by atoms with Gasteiger partial charge < -0.3 is 9.47 Å². The van der Waals surface area contributed by atoms with Crippen molar-refractivity contribution in [3.05, 3.63) is 34.4 Å². The molecular weight excluding hydrogens is 312 g/mol. The Morgan fingerprint density at radius 3 is 2.95 bits per heavy atom. The summed E-state index contributed by atoms with van der Waals surface area (Å²) in [6, 6.07) is 7.33. The third-order valence-electron chi connectivity index (χ3n) is 2.54. The normalized spacial score (nSPS) is 10.3. The first-order valence-corrected chi connectivity index (χ1v) is 6.52. The first-order valence-electron chi connectivity index (χ1n) is 5.72. The number of carbonyl (C=O) groups excluding carboxylic acids is 1. The summed E-state index contributed by atoms with van der Waals surface area (Å²) in [6.07, 6.45) is 0. The fraction of sp³-hybridized carbons (Fsp3) is 0.231. The number of H-pyrrole nitrogens is 1. The summed E-state index contributed by atoms with van der Waals surface area (Å²) in [5.41, 5.74) is 1.70. The number of benzene rings is 1. The van der Waals surface area contributed by atoms with Crippen LogP contribution < -0.4 is 4.74 Å². The van der Waals surface area contributed by atoms with Gasteiger partial charge in [-0.2, -0.15) is 5.10 Å². The van der Waals surface area contributed by atoms with Crippen LogP contribution in [0.15, 0.2) is 28.9 Å². The largest absolute Gasteiger partial charge is 0.497 e. The zero-order chi connectivity index (χ0) is 13.8. The number of aromatic amines is 1. The van der Waals surface area contributed by atoms with Gasteiger partial charge in [0.15, 0.2) is 0 Å². The van der Waals surface area contributed by atoms with Crippen molar-refractivity contribution in [2.75, 3.05) is 13.7 Å². The summed E-state index contributed by atoms with van der Waals surface area (Å²) in [5.74, 6) is 0.285. The summed E-state index contributed by atoms with van der Waals surface area (Å²) < 4.78 is 10.7. The summed E-state index contributed by atoms with van der Waals surface area (Å²) >= 11 is 3.27. The molecule has 0 saturated carbocycles. The number of halogens is 1. The summed E-state index contributed by atoms with van der Waals surface area (Å²) in [4.78, 5) is 11.9. The first-order chi connectivity index (χ1) is 9.17. The number of aromatic nitrogens is 2. The number of ether oxygens (including phenoxy) is 2. The molecule has 1 aromatic heterocycles. The van der Waals surface area contributed by atoms with E-state index in [1.807, 2.05) is 24.3 Å². The molecule has 0 atom stereocenters. The predicted octanol–water partition coefficient (Wildman–Crippen LogP) is 3.02. The lowest BCUT2D eigenvalue weighted by molar-refractivity contribution is 0.0526. The Morgan fingerprint density at radius 1 is 1.47 bits per heavy atom. The molecular formula is C13H13BrN2O3. The van der Waals surface area contributed by atoms with Gasteiger partial charge in [-0.1, -0.05) is 12.1 Å². The van der Waals surface area contributed by atoms with Crippen LogP contribution in [0.5, 0.6) is 5.75 Å². The number of carbonyl (C=O) groups is 1. The van der Waals surface area contributed by atoms with E-state index in [1.165, 1.54) is 0 Å². The van der Waals surface area contributed by atoms with Crippen molar-refractivity contribution >= 4 is 21.9 Å². The molecule has 0 saturated heterocycles. The second kappa shape index (κ2) is 5.88. The molecule has 0 unspecified atom stereocenters. The summed E-state index contributed by atoms with van der Waals surface area (Å²) in [7, 11) is 1.59. The molecule has 0 aliphatic heterocycles. The van der Waals surface area contributed by atoms with Crippen molar-refractivity contribution in [1.82, 2.24) is 10.2 Å². The molecule has 5 nitrogen and oxygen atoms in total. The predicted molar refractivity (Wildman–Crippen MR) is 74.2 cm³/mol. The fourth-order valence-electron chi connectivity index (χ4n) is 1.69. The van der Waals surface area contributed by atoms with Crippen LogP contribution in [0.1, 0.15) is 17.3 Å². The smallest absolute Gasteiger partial charge is 0.343 e. The van der Waals surface area contributed by atoms with Crippen LogP contribution in [0.2, 0.25) is 0 Å². The van der Waals surface area contributed by atoms with Gasteiger partial charge in [-0.15, -0.1) is 0 Å². The second-order valence-corrected chi connectivity index (χ2v) is 4.51. The molecule has 0 aliphatic rings. The third kappa shape index (κ3) is 2.78. The highest BCUT2D eigenvalue weighted by Crippen LogP contribution is 2.29. The first kappa shape index (κ1) is 13.6. The van der Waals surface area contributed by atoms with Gasteiger partial charge in [0, 0.05) is 5.56 Å². The Morgan fingerprint density at radius 2 is 2.26 bits per heavy atom. The maximum Gasteiger partial charge on any atom is 0.343 e. The number of methoxy groups -OCH3 is 1. The van der Waals surface area contributed by atoms with E-state index in [0.29, 0.717) is 28.2 Å². The lowest BCUT2D eigenvalue weighted by Crippen LogP contribution is -2.05. The highest BCUT2D eigenvalue weighted by atomic mass is 79.9. The topological polar surface area (TPSA) is 64.2 Å². The van der Waals surface area contributed by atoms with Crippen LogP contribution in [-0.4, -0.2) is 29.9 Å². The van der Waals surface area contributed by atoms with Crippen LogP contribution >= 0.6 is 15.9 Å². The summed E-state index contributed by atoms with van der Waals surface area (Å²) in [6.45, 7) is 2.07. The minimum atomic E-state index is -0.416. The minimum Gasteiger partial charge on any atom is -0.497 e. The number of nitrogens with zero attached hydrogens (tertiary/aromatic N) is 1. The van der Waals surface area contributed by atoms with Gasteiger partial charge in [0.1, 0.15) is 21.6 Å². The Bertz CT molecular complexity index is 595. The van der Waals surface area contributed by atoms with Crippen molar-refractivity contribution in [3.8, 4) is 17.0 Å². The highest BCUT2D eigenvalue weighted by molar-refractivity contribution is 9.10. The Balaban J connectivity index is 2.47. The van der Waals surface area contributed by atoms with Crippen LogP contribution in [0.25, 0.3) is 11.3 Å². The van der Waals surface area contributed by atoms with Crippen molar-refractivity contribution in [2.45, 2.75) is 6.92 Å². The average molecular weight is 325 g/mol. The Labute approximate surface area is 119 Å². The van der Waals surface area contributed by atoms with Crippen molar-refractivity contribution in [3.63, 3.8) is 0 Å². The zero-order valence-electron chi connectivity index (χ0n) is 10.6. The van der Waals surface area contributed by atoms with Gasteiger partial charge >= 0.3 is 5.97 Å². The fourth-order valence-corrected chi connectivity index (χ4v) is 2.13. The molecule has 0 bridgehead atoms. The Hall–Kier alpha value is -1.82. The van der Waals surface area contributed by atoms with E-state index < -0.39 is 5.97 Å². The second-order valence-electron chi connectivity index (χ2n) is 3.71. The molecule has 0 spiro atoms. The molecule has 0 radical (unpaired) electrons. The third-order valence-corrected chi connectivity index (χ3v) is 3.12. The molecule has 1 aromatic carbocycles. The van der Waals surface area contributed by atoms with E-state index in [4.69, 9.17) is 9.47 Å². The van der Waals surface area contributed by atoms with Gasteiger partial charge in [-0.05, 0) is 35.0 Å². The molecule has 19 heavy (non-hydrogen) atoms. The molecule has 2 aromatic rings. The lowest BCUT2D eigenvalue weighted by Gasteiger charge is -2.05. The van der Waals surface area contributed by atoms with Crippen molar-refractivity contribution in [2.24, 2.45) is 0 Å². The van der Waals surface area contributed by atoms with E-state index in [1.54, 1.807) is 14.0 Å². The van der Waals surface area contributed by atoms with Crippen LogP contribution in [0, 0.1) is 0 Å². The van der Waals surface area contributed by atoms with E-state index in [2.05, 4.69) is 26.1 Å². The minimum absolute atomic E-state index is 0.313. The number of nitrogens with one attached hydrogen (secondary N) is 1. The standard InChI is InChI=1S/C13H13BrN2O3/c1-3-19-13(17)10-11(15-16-12(10)14)8-5-4-6-9(7-8)18-2/h4-7H,3H2,1-2H3,(H,15,16). The van der Waals surface area contributed by atoms with Crippen molar-refractivity contribution in [1.29, 1.82) is 0 Å².